The maximum atomic E-state index is 3.63. The Balaban J connectivity index is 1.77. The Morgan fingerprint density at radius 2 is 2.21 bits per heavy atom. The summed E-state index contributed by atoms with van der Waals surface area (Å²) in [7, 11) is 0. The van der Waals surface area contributed by atoms with Crippen LogP contribution in [0.3, 0.4) is 0 Å². The lowest BCUT2D eigenvalue weighted by molar-refractivity contribution is 0.446. The van der Waals surface area contributed by atoms with E-state index in [-0.39, 0.29) is 5.41 Å². The Bertz CT molecular complexity index is 392. The summed E-state index contributed by atoms with van der Waals surface area (Å²) in [4.78, 5) is 0. The largest absolute Gasteiger partial charge is 0.316 e. The first kappa shape index (κ1) is 14.5. The SMILES string of the molecule is Cc1cccc(C(C)(C)CNCCC2CCCN2)c1. The minimum absolute atomic E-state index is 0.203. The van der Waals surface area contributed by atoms with Crippen LogP contribution >= 0.6 is 0 Å². The number of benzene rings is 1. The highest BCUT2D eigenvalue weighted by molar-refractivity contribution is 5.28. The zero-order valence-corrected chi connectivity index (χ0v) is 12.6. The van der Waals surface area contributed by atoms with Crippen molar-refractivity contribution < 1.29 is 0 Å². The Labute approximate surface area is 118 Å². The third-order valence-corrected chi connectivity index (χ3v) is 4.20. The van der Waals surface area contributed by atoms with Gasteiger partial charge >= 0.3 is 0 Å². The van der Waals surface area contributed by atoms with Crippen LogP contribution in [-0.2, 0) is 5.41 Å². The first-order chi connectivity index (χ1) is 9.08. The van der Waals surface area contributed by atoms with E-state index in [9.17, 15) is 0 Å². The van der Waals surface area contributed by atoms with Gasteiger partial charge in [-0.3, -0.25) is 0 Å². The average Bonchev–Trinajstić information content (AvgIpc) is 2.88. The van der Waals surface area contributed by atoms with Crippen LogP contribution in [0.15, 0.2) is 24.3 Å². The van der Waals surface area contributed by atoms with E-state index in [1.54, 1.807) is 0 Å². The molecule has 2 rings (SSSR count). The summed E-state index contributed by atoms with van der Waals surface area (Å²) in [5.74, 6) is 0. The maximum absolute atomic E-state index is 3.63. The molecule has 0 aliphatic carbocycles. The van der Waals surface area contributed by atoms with Gasteiger partial charge in [0.05, 0.1) is 0 Å². The van der Waals surface area contributed by atoms with Gasteiger partial charge in [0.15, 0.2) is 0 Å². The van der Waals surface area contributed by atoms with Crippen molar-refractivity contribution in [2.45, 2.75) is 51.5 Å². The number of nitrogens with one attached hydrogen (secondary N) is 2. The Kier molecular flexibility index (Phi) is 5.00. The van der Waals surface area contributed by atoms with Crippen LogP contribution in [0.1, 0.15) is 44.2 Å². The van der Waals surface area contributed by atoms with Gasteiger partial charge in [-0.1, -0.05) is 43.7 Å². The third kappa shape index (κ3) is 4.32. The standard InChI is InChI=1S/C17H28N2/c1-14-6-4-7-15(12-14)17(2,3)13-18-11-9-16-8-5-10-19-16/h4,6-7,12,16,18-19H,5,8-11,13H2,1-3H3. The van der Waals surface area contributed by atoms with Crippen LogP contribution in [0.5, 0.6) is 0 Å². The predicted octanol–water partition coefficient (Wildman–Crippen LogP) is 3.00. The molecule has 1 aromatic rings. The molecular formula is C17H28N2. The molecule has 0 aromatic heterocycles. The van der Waals surface area contributed by atoms with Gasteiger partial charge in [-0.15, -0.1) is 0 Å². The van der Waals surface area contributed by atoms with Crippen molar-refractivity contribution in [3.05, 3.63) is 35.4 Å². The summed E-state index contributed by atoms with van der Waals surface area (Å²) in [6, 6.07) is 9.62. The highest BCUT2D eigenvalue weighted by Gasteiger charge is 2.20. The van der Waals surface area contributed by atoms with Gasteiger partial charge in [0.1, 0.15) is 0 Å². The molecule has 1 saturated heterocycles. The van der Waals surface area contributed by atoms with Crippen molar-refractivity contribution in [3.63, 3.8) is 0 Å². The first-order valence-electron chi connectivity index (χ1n) is 7.59. The van der Waals surface area contributed by atoms with E-state index < -0.39 is 0 Å². The van der Waals surface area contributed by atoms with Crippen LogP contribution in [0.4, 0.5) is 0 Å². The van der Waals surface area contributed by atoms with Gasteiger partial charge in [0.2, 0.25) is 0 Å². The summed E-state index contributed by atoms with van der Waals surface area (Å²) < 4.78 is 0. The smallest absolute Gasteiger partial charge is 0.00796 e. The molecule has 1 aliphatic heterocycles. The molecule has 1 aromatic carbocycles. The molecule has 0 spiro atoms. The molecule has 1 aliphatic rings. The zero-order chi connectivity index (χ0) is 13.7. The molecule has 1 atom stereocenters. The lowest BCUT2D eigenvalue weighted by atomic mass is 9.84. The lowest BCUT2D eigenvalue weighted by Crippen LogP contribution is -2.35. The highest BCUT2D eigenvalue weighted by atomic mass is 15.0. The Morgan fingerprint density at radius 3 is 2.89 bits per heavy atom. The fourth-order valence-electron chi connectivity index (χ4n) is 2.85. The fraction of sp³-hybridized carbons (Fsp3) is 0.647. The molecule has 1 heterocycles. The molecule has 106 valence electrons. The normalized spacial score (nSPS) is 19.8. The fourth-order valence-corrected chi connectivity index (χ4v) is 2.85. The minimum Gasteiger partial charge on any atom is -0.316 e. The summed E-state index contributed by atoms with van der Waals surface area (Å²) in [5.41, 5.74) is 2.98. The molecular weight excluding hydrogens is 232 g/mol. The second-order valence-electron chi connectivity index (χ2n) is 6.51. The number of aryl methyl sites for hydroxylation is 1. The summed E-state index contributed by atoms with van der Waals surface area (Å²) in [5, 5.41) is 7.18. The van der Waals surface area contributed by atoms with Crippen LogP contribution in [-0.4, -0.2) is 25.7 Å². The molecule has 19 heavy (non-hydrogen) atoms. The number of rotatable bonds is 6. The van der Waals surface area contributed by atoms with Crippen LogP contribution in [0, 0.1) is 6.92 Å². The molecule has 0 bridgehead atoms. The Morgan fingerprint density at radius 1 is 1.37 bits per heavy atom. The van der Waals surface area contributed by atoms with Crippen molar-refractivity contribution >= 4 is 0 Å². The van der Waals surface area contributed by atoms with E-state index in [0.29, 0.717) is 0 Å². The molecule has 2 heteroatoms. The molecule has 0 saturated carbocycles. The van der Waals surface area contributed by atoms with E-state index in [0.717, 1.165) is 19.1 Å². The van der Waals surface area contributed by atoms with E-state index in [4.69, 9.17) is 0 Å². The van der Waals surface area contributed by atoms with Crippen molar-refractivity contribution in [3.8, 4) is 0 Å². The van der Waals surface area contributed by atoms with Crippen LogP contribution in [0.2, 0.25) is 0 Å². The minimum atomic E-state index is 0.203. The van der Waals surface area contributed by atoms with Gasteiger partial charge < -0.3 is 10.6 Å². The van der Waals surface area contributed by atoms with Crippen molar-refractivity contribution in [1.82, 2.24) is 10.6 Å². The third-order valence-electron chi connectivity index (χ3n) is 4.20. The van der Waals surface area contributed by atoms with Crippen molar-refractivity contribution in [2.24, 2.45) is 0 Å². The maximum Gasteiger partial charge on any atom is 0.00796 e. The molecule has 2 nitrogen and oxygen atoms in total. The van der Waals surface area contributed by atoms with E-state index >= 15 is 0 Å². The second-order valence-corrected chi connectivity index (χ2v) is 6.51. The van der Waals surface area contributed by atoms with Crippen molar-refractivity contribution in [2.75, 3.05) is 19.6 Å². The van der Waals surface area contributed by atoms with Gasteiger partial charge in [0.25, 0.3) is 0 Å². The van der Waals surface area contributed by atoms with Gasteiger partial charge in [-0.05, 0) is 44.8 Å². The van der Waals surface area contributed by atoms with Gasteiger partial charge in [0, 0.05) is 18.0 Å². The summed E-state index contributed by atoms with van der Waals surface area (Å²) >= 11 is 0. The highest BCUT2D eigenvalue weighted by Crippen LogP contribution is 2.23. The average molecular weight is 260 g/mol. The van der Waals surface area contributed by atoms with Gasteiger partial charge in [-0.2, -0.15) is 0 Å². The molecule has 1 fully saturated rings. The van der Waals surface area contributed by atoms with Crippen molar-refractivity contribution in [1.29, 1.82) is 0 Å². The topological polar surface area (TPSA) is 24.1 Å². The number of hydrogen-bond acceptors (Lipinski definition) is 2. The predicted molar refractivity (Wildman–Crippen MR) is 82.7 cm³/mol. The summed E-state index contributed by atoms with van der Waals surface area (Å²) in [6.07, 6.45) is 3.95. The van der Waals surface area contributed by atoms with Gasteiger partial charge in [-0.25, -0.2) is 0 Å². The monoisotopic (exact) mass is 260 g/mol. The first-order valence-corrected chi connectivity index (χ1v) is 7.59. The molecule has 2 N–H and O–H groups in total. The molecule has 0 radical (unpaired) electrons. The summed E-state index contributed by atoms with van der Waals surface area (Å²) in [6.45, 7) is 10.2. The van der Waals surface area contributed by atoms with E-state index in [1.165, 1.54) is 36.9 Å². The van der Waals surface area contributed by atoms with Crippen LogP contribution in [0.25, 0.3) is 0 Å². The quantitative estimate of drug-likeness (QED) is 0.768. The second kappa shape index (κ2) is 6.53. The Hall–Kier alpha value is -0.860. The molecule has 0 amide bonds. The molecule has 1 unspecified atom stereocenters. The zero-order valence-electron chi connectivity index (χ0n) is 12.6. The van der Waals surface area contributed by atoms with E-state index in [1.807, 2.05) is 0 Å². The lowest BCUT2D eigenvalue weighted by Gasteiger charge is -2.26. The number of hydrogen-bond donors (Lipinski definition) is 2. The van der Waals surface area contributed by atoms with E-state index in [2.05, 4.69) is 55.7 Å². The van der Waals surface area contributed by atoms with Crippen LogP contribution < -0.4 is 10.6 Å².